The van der Waals surface area contributed by atoms with Crippen LogP contribution in [0.2, 0.25) is 0 Å². The van der Waals surface area contributed by atoms with Gasteiger partial charge in [-0.25, -0.2) is 0 Å². The zero-order valence-electron chi connectivity index (χ0n) is 12.7. The van der Waals surface area contributed by atoms with Gasteiger partial charge in [-0.15, -0.1) is 0 Å². The van der Waals surface area contributed by atoms with Gasteiger partial charge >= 0.3 is 0 Å². The number of rotatable bonds is 7. The minimum absolute atomic E-state index is 0.0517. The Balaban J connectivity index is 1.96. The topological polar surface area (TPSA) is 69.6 Å². The first-order chi connectivity index (χ1) is 10.6. The summed E-state index contributed by atoms with van der Waals surface area (Å²) in [7, 11) is 0. The Morgan fingerprint density at radius 2 is 1.82 bits per heavy atom. The van der Waals surface area contributed by atoms with Crippen molar-refractivity contribution in [3.8, 4) is 0 Å². The SMILES string of the molecule is CC(=O)c1cccc(NCCc2ccc(CO)c(CO)c2)c1. The first-order valence-electron chi connectivity index (χ1n) is 7.31. The van der Waals surface area contributed by atoms with Crippen LogP contribution in [0.3, 0.4) is 0 Å². The summed E-state index contributed by atoms with van der Waals surface area (Å²) < 4.78 is 0. The van der Waals surface area contributed by atoms with Gasteiger partial charge in [-0.2, -0.15) is 0 Å². The van der Waals surface area contributed by atoms with Crippen LogP contribution in [0.1, 0.15) is 34.0 Å². The maximum atomic E-state index is 11.4. The average Bonchev–Trinajstić information content (AvgIpc) is 2.55. The molecule has 0 aliphatic rings. The molecule has 2 rings (SSSR count). The van der Waals surface area contributed by atoms with E-state index >= 15 is 0 Å². The van der Waals surface area contributed by atoms with Crippen LogP contribution < -0.4 is 5.32 Å². The third-order valence-electron chi connectivity index (χ3n) is 3.62. The molecular formula is C18H21NO3. The Bertz CT molecular complexity index is 653. The molecule has 0 radical (unpaired) electrons. The molecule has 2 aromatic rings. The zero-order chi connectivity index (χ0) is 15.9. The van der Waals surface area contributed by atoms with Crippen molar-refractivity contribution in [3.05, 3.63) is 64.7 Å². The van der Waals surface area contributed by atoms with Gasteiger partial charge in [0, 0.05) is 17.8 Å². The number of carbonyl (C=O) groups excluding carboxylic acids is 1. The second-order valence-electron chi connectivity index (χ2n) is 5.23. The van der Waals surface area contributed by atoms with Gasteiger partial charge in [0.25, 0.3) is 0 Å². The molecule has 0 heterocycles. The van der Waals surface area contributed by atoms with Crippen molar-refractivity contribution in [2.24, 2.45) is 0 Å². The molecule has 0 aromatic heterocycles. The molecule has 0 saturated heterocycles. The second-order valence-corrected chi connectivity index (χ2v) is 5.23. The van der Waals surface area contributed by atoms with E-state index in [4.69, 9.17) is 0 Å². The third kappa shape index (κ3) is 4.16. The quantitative estimate of drug-likeness (QED) is 0.687. The Kier molecular flexibility index (Phi) is 5.69. The molecule has 2 aromatic carbocycles. The molecule has 22 heavy (non-hydrogen) atoms. The number of aliphatic hydroxyl groups is 2. The number of benzene rings is 2. The van der Waals surface area contributed by atoms with Crippen LogP contribution in [0.4, 0.5) is 5.69 Å². The van der Waals surface area contributed by atoms with Crippen LogP contribution in [-0.2, 0) is 19.6 Å². The summed E-state index contributed by atoms with van der Waals surface area (Å²) in [5.74, 6) is 0.0517. The number of hydrogen-bond acceptors (Lipinski definition) is 4. The summed E-state index contributed by atoms with van der Waals surface area (Å²) in [6.07, 6.45) is 0.795. The Hall–Kier alpha value is -2.17. The smallest absolute Gasteiger partial charge is 0.159 e. The third-order valence-corrected chi connectivity index (χ3v) is 3.62. The van der Waals surface area contributed by atoms with Gasteiger partial charge in [0.1, 0.15) is 0 Å². The van der Waals surface area contributed by atoms with E-state index in [0.717, 1.165) is 35.3 Å². The van der Waals surface area contributed by atoms with E-state index in [1.54, 1.807) is 13.0 Å². The van der Waals surface area contributed by atoms with Crippen LogP contribution in [-0.4, -0.2) is 22.5 Å². The van der Waals surface area contributed by atoms with Gasteiger partial charge in [-0.3, -0.25) is 4.79 Å². The van der Waals surface area contributed by atoms with Crippen LogP contribution in [0.5, 0.6) is 0 Å². The Labute approximate surface area is 130 Å². The summed E-state index contributed by atoms with van der Waals surface area (Å²) >= 11 is 0. The van der Waals surface area contributed by atoms with E-state index in [-0.39, 0.29) is 19.0 Å². The summed E-state index contributed by atoms with van der Waals surface area (Å²) in [5.41, 5.74) is 4.23. The average molecular weight is 299 g/mol. The summed E-state index contributed by atoms with van der Waals surface area (Å²) in [5, 5.41) is 21.8. The van der Waals surface area contributed by atoms with Crippen molar-refractivity contribution in [2.75, 3.05) is 11.9 Å². The lowest BCUT2D eigenvalue weighted by Crippen LogP contribution is -2.06. The maximum Gasteiger partial charge on any atom is 0.159 e. The van der Waals surface area contributed by atoms with Gasteiger partial charge in [-0.1, -0.05) is 30.3 Å². The molecule has 0 aliphatic heterocycles. The molecule has 116 valence electrons. The van der Waals surface area contributed by atoms with Gasteiger partial charge in [0.2, 0.25) is 0 Å². The maximum absolute atomic E-state index is 11.4. The second kappa shape index (κ2) is 7.73. The number of aliphatic hydroxyl groups excluding tert-OH is 2. The number of Topliss-reactive ketones (excluding diaryl/α,β-unsaturated/α-hetero) is 1. The predicted octanol–water partition coefficient (Wildman–Crippen LogP) is 2.53. The standard InChI is InChI=1S/C18H21NO3/c1-13(22)15-3-2-4-18(10-15)19-8-7-14-5-6-16(11-20)17(9-14)12-21/h2-6,9-10,19-21H,7-8,11-12H2,1H3. The highest BCUT2D eigenvalue weighted by Gasteiger charge is 2.03. The molecular weight excluding hydrogens is 278 g/mol. The molecule has 0 amide bonds. The fourth-order valence-electron chi connectivity index (χ4n) is 2.34. The van der Waals surface area contributed by atoms with E-state index in [2.05, 4.69) is 5.32 Å². The normalized spacial score (nSPS) is 10.5. The van der Waals surface area contributed by atoms with Gasteiger partial charge in [0.15, 0.2) is 5.78 Å². The first kappa shape index (κ1) is 16.2. The number of carbonyl (C=O) groups is 1. The predicted molar refractivity (Wildman–Crippen MR) is 86.9 cm³/mol. The molecule has 4 heteroatoms. The molecule has 0 bridgehead atoms. The minimum Gasteiger partial charge on any atom is -0.392 e. The number of hydrogen-bond donors (Lipinski definition) is 3. The monoisotopic (exact) mass is 299 g/mol. The van der Waals surface area contributed by atoms with Crippen LogP contribution in [0.15, 0.2) is 42.5 Å². The van der Waals surface area contributed by atoms with Crippen molar-refractivity contribution in [1.82, 2.24) is 0 Å². The molecule has 0 unspecified atom stereocenters. The van der Waals surface area contributed by atoms with Crippen LogP contribution >= 0.6 is 0 Å². The lowest BCUT2D eigenvalue weighted by molar-refractivity contribution is 0.101. The first-order valence-corrected chi connectivity index (χ1v) is 7.31. The Morgan fingerprint density at radius 3 is 2.50 bits per heavy atom. The van der Waals surface area contributed by atoms with Gasteiger partial charge < -0.3 is 15.5 Å². The van der Waals surface area contributed by atoms with Crippen LogP contribution in [0, 0.1) is 0 Å². The minimum atomic E-state index is -0.0716. The van der Waals surface area contributed by atoms with Crippen LogP contribution in [0.25, 0.3) is 0 Å². The number of nitrogens with one attached hydrogen (secondary N) is 1. The van der Waals surface area contributed by atoms with Crippen molar-refractivity contribution >= 4 is 11.5 Å². The van der Waals surface area contributed by atoms with E-state index in [1.807, 2.05) is 36.4 Å². The van der Waals surface area contributed by atoms with E-state index in [0.29, 0.717) is 5.56 Å². The summed E-state index contributed by atoms with van der Waals surface area (Å²) in [6.45, 7) is 2.15. The molecule has 3 N–H and O–H groups in total. The van der Waals surface area contributed by atoms with Crippen molar-refractivity contribution < 1.29 is 15.0 Å². The van der Waals surface area contributed by atoms with Crippen molar-refractivity contribution in [1.29, 1.82) is 0 Å². The summed E-state index contributed by atoms with van der Waals surface area (Å²) in [6, 6.07) is 13.2. The molecule has 0 saturated carbocycles. The van der Waals surface area contributed by atoms with Gasteiger partial charge in [0.05, 0.1) is 13.2 Å². The molecule has 0 atom stereocenters. The number of ketones is 1. The molecule has 0 aliphatic carbocycles. The molecule has 0 fully saturated rings. The zero-order valence-corrected chi connectivity index (χ0v) is 12.7. The van der Waals surface area contributed by atoms with E-state index in [1.165, 1.54) is 0 Å². The Morgan fingerprint density at radius 1 is 1.05 bits per heavy atom. The fourth-order valence-corrected chi connectivity index (χ4v) is 2.34. The lowest BCUT2D eigenvalue weighted by atomic mass is 10.0. The molecule has 4 nitrogen and oxygen atoms in total. The van der Waals surface area contributed by atoms with E-state index in [9.17, 15) is 15.0 Å². The number of anilines is 1. The molecule has 0 spiro atoms. The highest BCUT2D eigenvalue weighted by molar-refractivity contribution is 5.94. The fraction of sp³-hybridized carbons (Fsp3) is 0.278. The summed E-state index contributed by atoms with van der Waals surface area (Å²) in [4.78, 5) is 11.4. The van der Waals surface area contributed by atoms with Crippen molar-refractivity contribution in [2.45, 2.75) is 26.6 Å². The largest absolute Gasteiger partial charge is 0.392 e. The van der Waals surface area contributed by atoms with E-state index < -0.39 is 0 Å². The highest BCUT2D eigenvalue weighted by Crippen LogP contribution is 2.14. The van der Waals surface area contributed by atoms with Gasteiger partial charge in [-0.05, 0) is 42.2 Å². The van der Waals surface area contributed by atoms with Crippen molar-refractivity contribution in [3.63, 3.8) is 0 Å². The lowest BCUT2D eigenvalue weighted by Gasteiger charge is -2.10. The highest BCUT2D eigenvalue weighted by atomic mass is 16.3.